The molecule has 37 heavy (non-hydrogen) atoms. The van der Waals surface area contributed by atoms with Crippen LogP contribution in [0.15, 0.2) is 36.8 Å². The molecule has 0 aliphatic carbocycles. The molecule has 0 bridgehead atoms. The van der Waals surface area contributed by atoms with Crippen LogP contribution in [0.1, 0.15) is 31.0 Å². The number of aromatic amines is 1. The van der Waals surface area contributed by atoms with E-state index in [1.165, 1.54) is 43.7 Å². The highest BCUT2D eigenvalue weighted by Crippen LogP contribution is 2.12. The monoisotopic (exact) mass is 518 g/mol. The van der Waals surface area contributed by atoms with Crippen molar-refractivity contribution in [2.24, 2.45) is 5.73 Å². The molecule has 1 aromatic carbocycles. The Morgan fingerprint density at radius 1 is 0.919 bits per heavy atom. The van der Waals surface area contributed by atoms with Crippen molar-refractivity contribution in [1.29, 1.82) is 0 Å². The molecule has 2 aromatic rings. The van der Waals surface area contributed by atoms with Gasteiger partial charge in [-0.25, -0.2) is 9.78 Å². The van der Waals surface area contributed by atoms with Crippen molar-refractivity contribution in [1.82, 2.24) is 25.9 Å². The SMILES string of the molecule is CC(N)C(=O)NC(CCC(=O)O)C(=O)NC(Cc1ccc(O)cc1)C(=O)NC(Cc1cnc[nH]1)C(=O)O. The van der Waals surface area contributed by atoms with Gasteiger partial charge in [-0.05, 0) is 31.0 Å². The predicted octanol–water partition coefficient (Wildman–Crippen LogP) is -1.35. The molecule has 0 saturated heterocycles. The molecule has 14 nitrogen and oxygen atoms in total. The van der Waals surface area contributed by atoms with Crippen LogP contribution in [-0.4, -0.2) is 79.1 Å². The van der Waals surface area contributed by atoms with Crippen molar-refractivity contribution in [2.75, 3.05) is 0 Å². The van der Waals surface area contributed by atoms with Gasteiger partial charge in [0.25, 0.3) is 0 Å². The number of hydrogen-bond acceptors (Lipinski definition) is 8. The Morgan fingerprint density at radius 3 is 2.05 bits per heavy atom. The summed E-state index contributed by atoms with van der Waals surface area (Å²) in [6, 6.07) is 0.834. The summed E-state index contributed by atoms with van der Waals surface area (Å²) < 4.78 is 0. The van der Waals surface area contributed by atoms with Crippen molar-refractivity contribution in [2.45, 2.75) is 56.8 Å². The molecule has 3 amide bonds. The molecule has 0 aliphatic heterocycles. The third-order valence-electron chi connectivity index (χ3n) is 5.30. The summed E-state index contributed by atoms with van der Waals surface area (Å²) >= 11 is 0. The number of nitrogens with zero attached hydrogens (tertiary/aromatic N) is 1. The van der Waals surface area contributed by atoms with Crippen LogP contribution < -0.4 is 21.7 Å². The van der Waals surface area contributed by atoms with Gasteiger partial charge in [0.15, 0.2) is 0 Å². The number of aromatic hydroxyl groups is 1. The summed E-state index contributed by atoms with van der Waals surface area (Å²) in [6.07, 6.45) is 1.85. The zero-order valence-corrected chi connectivity index (χ0v) is 20.0. The van der Waals surface area contributed by atoms with Gasteiger partial charge in [-0.2, -0.15) is 0 Å². The Hall–Kier alpha value is -4.46. The van der Waals surface area contributed by atoms with E-state index in [1.54, 1.807) is 0 Å². The average Bonchev–Trinajstić information content (AvgIpc) is 3.34. The van der Waals surface area contributed by atoms with Gasteiger partial charge in [-0.15, -0.1) is 0 Å². The minimum absolute atomic E-state index is 0.0216. The summed E-state index contributed by atoms with van der Waals surface area (Å²) in [7, 11) is 0. The van der Waals surface area contributed by atoms with E-state index in [-0.39, 0.29) is 25.0 Å². The van der Waals surface area contributed by atoms with Crippen LogP contribution in [0.5, 0.6) is 5.75 Å². The minimum atomic E-state index is -1.35. The molecule has 0 spiro atoms. The molecule has 0 aliphatic rings. The van der Waals surface area contributed by atoms with E-state index in [2.05, 4.69) is 25.9 Å². The van der Waals surface area contributed by atoms with Gasteiger partial charge in [0.1, 0.15) is 23.9 Å². The first-order valence-electron chi connectivity index (χ1n) is 11.3. The molecule has 200 valence electrons. The van der Waals surface area contributed by atoms with Gasteiger partial charge in [-0.3, -0.25) is 19.2 Å². The van der Waals surface area contributed by atoms with Gasteiger partial charge in [0.05, 0.1) is 12.4 Å². The molecule has 14 heteroatoms. The number of phenolic OH excluding ortho intramolecular Hbond substituents is 1. The maximum absolute atomic E-state index is 13.1. The number of nitrogens with two attached hydrogens (primary N) is 1. The van der Waals surface area contributed by atoms with Crippen molar-refractivity contribution in [3.63, 3.8) is 0 Å². The number of benzene rings is 1. The summed E-state index contributed by atoms with van der Waals surface area (Å²) in [5.74, 6) is -4.92. The second-order valence-corrected chi connectivity index (χ2v) is 8.39. The van der Waals surface area contributed by atoms with E-state index >= 15 is 0 Å². The summed E-state index contributed by atoms with van der Waals surface area (Å²) in [6.45, 7) is 1.38. The lowest BCUT2D eigenvalue weighted by Crippen LogP contribution is -2.57. The smallest absolute Gasteiger partial charge is 0.326 e. The highest BCUT2D eigenvalue weighted by molar-refractivity contribution is 5.94. The minimum Gasteiger partial charge on any atom is -0.508 e. The number of rotatable bonds is 14. The Kier molecular flexibility index (Phi) is 10.6. The van der Waals surface area contributed by atoms with E-state index in [9.17, 15) is 34.2 Å². The molecular formula is C23H30N6O8. The number of aromatic nitrogens is 2. The topological polar surface area (TPSA) is 237 Å². The lowest BCUT2D eigenvalue weighted by Gasteiger charge is -2.25. The van der Waals surface area contributed by atoms with Crippen molar-refractivity contribution < 1.29 is 39.3 Å². The Morgan fingerprint density at radius 2 is 1.51 bits per heavy atom. The fourth-order valence-corrected chi connectivity index (χ4v) is 3.28. The highest BCUT2D eigenvalue weighted by Gasteiger charge is 2.30. The van der Waals surface area contributed by atoms with Crippen LogP contribution in [0.3, 0.4) is 0 Å². The van der Waals surface area contributed by atoms with Crippen LogP contribution in [0.2, 0.25) is 0 Å². The number of amides is 3. The fraction of sp³-hybridized carbons (Fsp3) is 0.391. The number of aliphatic carboxylic acids is 2. The number of hydrogen-bond donors (Lipinski definition) is 8. The summed E-state index contributed by atoms with van der Waals surface area (Å²) in [4.78, 5) is 67.6. The van der Waals surface area contributed by atoms with Gasteiger partial charge in [0, 0.05) is 31.2 Å². The average molecular weight is 519 g/mol. The lowest BCUT2D eigenvalue weighted by molar-refractivity contribution is -0.142. The first-order chi connectivity index (χ1) is 17.5. The maximum Gasteiger partial charge on any atom is 0.326 e. The van der Waals surface area contributed by atoms with Crippen LogP contribution >= 0.6 is 0 Å². The zero-order valence-electron chi connectivity index (χ0n) is 20.0. The number of imidazole rings is 1. The number of carboxylic acids is 2. The number of carbonyl (C=O) groups excluding carboxylic acids is 3. The van der Waals surface area contributed by atoms with E-state index < -0.39 is 60.2 Å². The number of phenols is 1. The Balaban J connectivity index is 2.26. The molecule has 0 saturated carbocycles. The first kappa shape index (κ1) is 28.8. The first-order valence-corrected chi connectivity index (χ1v) is 11.3. The highest BCUT2D eigenvalue weighted by atomic mass is 16.4. The molecule has 1 heterocycles. The largest absolute Gasteiger partial charge is 0.508 e. The maximum atomic E-state index is 13.1. The molecule has 0 radical (unpaired) electrons. The quantitative estimate of drug-likeness (QED) is 0.146. The van der Waals surface area contributed by atoms with Gasteiger partial charge >= 0.3 is 11.9 Å². The van der Waals surface area contributed by atoms with Gasteiger partial charge in [0.2, 0.25) is 17.7 Å². The second-order valence-electron chi connectivity index (χ2n) is 8.39. The number of carbonyl (C=O) groups is 5. The number of H-pyrrole nitrogens is 1. The van der Waals surface area contributed by atoms with Gasteiger partial charge < -0.3 is 42.0 Å². The lowest BCUT2D eigenvalue weighted by atomic mass is 10.0. The molecule has 4 unspecified atom stereocenters. The van der Waals surface area contributed by atoms with Crippen LogP contribution in [0.25, 0.3) is 0 Å². The standard InChI is InChI=1S/C23H30N6O8/c1-12(24)20(33)27-16(6-7-19(31)32)21(34)28-17(8-13-2-4-15(30)5-3-13)22(35)29-18(23(36)37)9-14-10-25-11-26-14/h2-5,10-12,16-18,30H,6-9,24H2,1H3,(H,25,26)(H,27,33)(H,28,34)(H,29,35)(H,31,32)(H,36,37). The van der Waals surface area contributed by atoms with Crippen molar-refractivity contribution >= 4 is 29.7 Å². The summed E-state index contributed by atoms with van der Waals surface area (Å²) in [5.41, 5.74) is 6.52. The van der Waals surface area contributed by atoms with E-state index in [0.717, 1.165) is 0 Å². The third kappa shape index (κ3) is 9.60. The molecule has 0 fully saturated rings. The number of nitrogens with one attached hydrogen (secondary N) is 4. The molecular weight excluding hydrogens is 488 g/mol. The Bertz CT molecular complexity index is 1090. The predicted molar refractivity (Wildman–Crippen MR) is 128 cm³/mol. The molecule has 9 N–H and O–H groups in total. The van der Waals surface area contributed by atoms with Crippen molar-refractivity contribution in [3.8, 4) is 5.75 Å². The molecule has 2 rings (SSSR count). The van der Waals surface area contributed by atoms with Crippen LogP contribution in [0.4, 0.5) is 0 Å². The van der Waals surface area contributed by atoms with Gasteiger partial charge in [-0.1, -0.05) is 12.1 Å². The van der Waals surface area contributed by atoms with Crippen LogP contribution in [0, 0.1) is 0 Å². The normalized spacial score (nSPS) is 14.0. The van der Waals surface area contributed by atoms with E-state index in [0.29, 0.717) is 11.3 Å². The Labute approximate surface area is 211 Å². The third-order valence-corrected chi connectivity index (χ3v) is 5.30. The molecule has 1 aromatic heterocycles. The number of carboxylic acid groups (broad SMARTS) is 2. The second kappa shape index (κ2) is 13.6. The van der Waals surface area contributed by atoms with Crippen LogP contribution in [-0.2, 0) is 36.8 Å². The van der Waals surface area contributed by atoms with Crippen molar-refractivity contribution in [3.05, 3.63) is 48.0 Å². The fourth-order valence-electron chi connectivity index (χ4n) is 3.28. The zero-order chi connectivity index (χ0) is 27.5. The van der Waals surface area contributed by atoms with E-state index in [4.69, 9.17) is 10.8 Å². The molecule has 4 atom stereocenters. The van der Waals surface area contributed by atoms with E-state index in [1.807, 2.05) is 0 Å². The summed E-state index contributed by atoms with van der Waals surface area (Å²) in [5, 5.41) is 35.4.